The van der Waals surface area contributed by atoms with Crippen LogP contribution < -0.4 is 5.32 Å². The van der Waals surface area contributed by atoms with E-state index >= 15 is 0 Å². The van der Waals surface area contributed by atoms with Crippen molar-refractivity contribution in [3.8, 4) is 0 Å². The van der Waals surface area contributed by atoms with E-state index in [4.69, 9.17) is 0 Å². The number of benzene rings is 1. The summed E-state index contributed by atoms with van der Waals surface area (Å²) in [6.07, 6.45) is 0. The molecule has 2 rings (SSSR count). The minimum absolute atomic E-state index is 0. The third-order valence-corrected chi connectivity index (χ3v) is 4.39. The van der Waals surface area contributed by atoms with Gasteiger partial charge in [-0.3, -0.25) is 0 Å². The molecule has 1 aromatic carbocycles. The molecule has 0 aromatic heterocycles. The Balaban J connectivity index is 0.000000980. The van der Waals surface area contributed by atoms with Crippen molar-refractivity contribution in [1.82, 2.24) is 5.32 Å². The van der Waals surface area contributed by atoms with Crippen LogP contribution in [0.1, 0.15) is 0 Å². The molecule has 1 N–H and O–H groups in total. The lowest BCUT2D eigenvalue weighted by Crippen LogP contribution is -2.51. The summed E-state index contributed by atoms with van der Waals surface area (Å²) in [5, 5.41) is 2.73. The largest absolute Gasteiger partial charge is 0.314 e. The Morgan fingerprint density at radius 3 is 2.14 bits per heavy atom. The predicted octanol–water partition coefficient (Wildman–Crippen LogP) is 0.854. The zero-order chi connectivity index (χ0) is 9.31. The van der Waals surface area contributed by atoms with E-state index in [1.807, 2.05) is 6.07 Å². The molecule has 0 spiro atoms. The van der Waals surface area contributed by atoms with Crippen LogP contribution in [0.4, 0.5) is 0 Å². The lowest BCUT2D eigenvalue weighted by molar-refractivity contribution is 0.495. The fourth-order valence-corrected chi connectivity index (χ4v) is 2.88. The third kappa shape index (κ3) is 1.92. The Bertz CT molecular complexity index is 387. The molecule has 1 aliphatic rings. The van der Waals surface area contributed by atoms with E-state index in [2.05, 4.69) is 5.32 Å². The van der Waals surface area contributed by atoms with Crippen LogP contribution in [0.25, 0.3) is 0 Å². The summed E-state index contributed by atoms with van der Waals surface area (Å²) in [6.45, 7) is 1.16. The van der Waals surface area contributed by atoms with Gasteiger partial charge < -0.3 is 5.32 Å². The molecule has 1 aromatic rings. The third-order valence-electron chi connectivity index (χ3n) is 2.25. The van der Waals surface area contributed by atoms with Crippen molar-refractivity contribution in [3.63, 3.8) is 0 Å². The molecule has 1 fully saturated rings. The number of rotatable bonds is 2. The Kier molecular flexibility index (Phi) is 3.53. The summed E-state index contributed by atoms with van der Waals surface area (Å²) < 4.78 is 23.5. The van der Waals surface area contributed by atoms with Crippen molar-refractivity contribution in [2.75, 3.05) is 13.1 Å². The number of halogens is 1. The van der Waals surface area contributed by atoms with Gasteiger partial charge in [-0.05, 0) is 12.1 Å². The summed E-state index contributed by atoms with van der Waals surface area (Å²) in [5.41, 5.74) is 0. The van der Waals surface area contributed by atoms with Gasteiger partial charge in [0, 0.05) is 13.1 Å². The quantitative estimate of drug-likeness (QED) is 0.824. The van der Waals surface area contributed by atoms with Crippen LogP contribution in [0.3, 0.4) is 0 Å². The first-order valence-corrected chi connectivity index (χ1v) is 5.75. The summed E-state index contributed by atoms with van der Waals surface area (Å²) >= 11 is 0. The number of sulfone groups is 1. The minimum atomic E-state index is -3.06. The Morgan fingerprint density at radius 2 is 1.71 bits per heavy atom. The minimum Gasteiger partial charge on any atom is -0.314 e. The second kappa shape index (κ2) is 4.29. The van der Waals surface area contributed by atoms with Gasteiger partial charge >= 0.3 is 0 Å². The zero-order valence-electron chi connectivity index (χ0n) is 7.51. The van der Waals surface area contributed by atoms with Crippen LogP contribution in [-0.4, -0.2) is 26.8 Å². The van der Waals surface area contributed by atoms with Gasteiger partial charge in [-0.25, -0.2) is 8.42 Å². The molecule has 14 heavy (non-hydrogen) atoms. The zero-order valence-corrected chi connectivity index (χ0v) is 9.14. The van der Waals surface area contributed by atoms with E-state index < -0.39 is 9.84 Å². The Morgan fingerprint density at radius 1 is 1.14 bits per heavy atom. The average molecular weight is 234 g/mol. The number of hydrogen-bond donors (Lipinski definition) is 1. The lowest BCUT2D eigenvalue weighted by Gasteiger charge is -2.26. The van der Waals surface area contributed by atoms with E-state index in [1.54, 1.807) is 24.3 Å². The van der Waals surface area contributed by atoms with Gasteiger partial charge in [-0.1, -0.05) is 18.2 Å². The van der Waals surface area contributed by atoms with Crippen LogP contribution in [-0.2, 0) is 9.84 Å². The molecule has 5 heteroatoms. The molecule has 0 saturated carbocycles. The van der Waals surface area contributed by atoms with Crippen molar-refractivity contribution in [3.05, 3.63) is 30.3 Å². The molecule has 1 saturated heterocycles. The summed E-state index contributed by atoms with van der Waals surface area (Å²) in [5.74, 6) is 0. The maximum absolute atomic E-state index is 11.8. The number of hydrogen-bond acceptors (Lipinski definition) is 3. The van der Waals surface area contributed by atoms with Crippen LogP contribution in [0.2, 0.25) is 0 Å². The van der Waals surface area contributed by atoms with Gasteiger partial charge in [0.25, 0.3) is 0 Å². The molecular weight excluding hydrogens is 222 g/mol. The highest BCUT2D eigenvalue weighted by molar-refractivity contribution is 7.92. The molecule has 78 valence electrons. The molecule has 0 aliphatic carbocycles. The fourth-order valence-electron chi connectivity index (χ4n) is 1.28. The molecule has 0 radical (unpaired) electrons. The van der Waals surface area contributed by atoms with Crippen LogP contribution in [0.5, 0.6) is 0 Å². The highest BCUT2D eigenvalue weighted by Crippen LogP contribution is 2.17. The fraction of sp³-hybridized carbons (Fsp3) is 0.333. The van der Waals surface area contributed by atoms with Crippen LogP contribution in [0.15, 0.2) is 35.2 Å². The maximum Gasteiger partial charge on any atom is 0.183 e. The van der Waals surface area contributed by atoms with Crippen LogP contribution >= 0.6 is 12.4 Å². The highest BCUT2D eigenvalue weighted by Gasteiger charge is 2.31. The van der Waals surface area contributed by atoms with E-state index in [-0.39, 0.29) is 17.7 Å². The Hall–Kier alpha value is -0.580. The molecule has 0 atom stereocenters. The van der Waals surface area contributed by atoms with Gasteiger partial charge in [-0.2, -0.15) is 0 Å². The van der Waals surface area contributed by atoms with E-state index in [0.29, 0.717) is 18.0 Å². The van der Waals surface area contributed by atoms with Crippen molar-refractivity contribution in [1.29, 1.82) is 0 Å². The van der Waals surface area contributed by atoms with E-state index in [1.165, 1.54) is 0 Å². The highest BCUT2D eigenvalue weighted by atomic mass is 35.5. The van der Waals surface area contributed by atoms with Crippen molar-refractivity contribution < 1.29 is 8.42 Å². The topological polar surface area (TPSA) is 46.2 Å². The number of nitrogens with one attached hydrogen (secondary N) is 1. The second-order valence-corrected chi connectivity index (χ2v) is 5.37. The average Bonchev–Trinajstić information content (AvgIpc) is 2.02. The molecule has 3 nitrogen and oxygen atoms in total. The van der Waals surface area contributed by atoms with Gasteiger partial charge in [0.15, 0.2) is 9.84 Å². The van der Waals surface area contributed by atoms with E-state index in [9.17, 15) is 8.42 Å². The molecule has 0 amide bonds. The first kappa shape index (κ1) is 11.5. The monoisotopic (exact) mass is 233 g/mol. The van der Waals surface area contributed by atoms with Crippen molar-refractivity contribution in [2.24, 2.45) is 0 Å². The molecule has 1 heterocycles. The van der Waals surface area contributed by atoms with Crippen molar-refractivity contribution in [2.45, 2.75) is 10.1 Å². The van der Waals surface area contributed by atoms with Crippen LogP contribution in [0, 0.1) is 0 Å². The normalized spacial score (nSPS) is 16.9. The second-order valence-electron chi connectivity index (χ2n) is 3.14. The molecule has 1 aliphatic heterocycles. The standard InChI is InChI=1S/C9H11NO2S.ClH/c11-13(12,9-6-10-7-9)8-4-2-1-3-5-8;/h1-5,9-10H,6-7H2;1H. The summed E-state index contributed by atoms with van der Waals surface area (Å²) in [7, 11) is -3.06. The summed E-state index contributed by atoms with van der Waals surface area (Å²) in [6, 6.07) is 8.61. The molecular formula is C9H12ClNO2S. The first-order valence-electron chi connectivity index (χ1n) is 4.21. The first-order chi connectivity index (χ1) is 6.21. The van der Waals surface area contributed by atoms with Gasteiger partial charge in [0.05, 0.1) is 10.1 Å². The summed E-state index contributed by atoms with van der Waals surface area (Å²) in [4.78, 5) is 0.432. The predicted molar refractivity (Wildman–Crippen MR) is 57.5 cm³/mol. The Labute approximate surface area is 89.8 Å². The SMILES string of the molecule is Cl.O=S(=O)(c1ccccc1)C1CNC1. The smallest absolute Gasteiger partial charge is 0.183 e. The lowest BCUT2D eigenvalue weighted by atomic mass is 10.3. The molecule has 0 bridgehead atoms. The van der Waals surface area contributed by atoms with Gasteiger partial charge in [-0.15, -0.1) is 12.4 Å². The maximum atomic E-state index is 11.8. The van der Waals surface area contributed by atoms with Gasteiger partial charge in [0.1, 0.15) is 0 Å². The van der Waals surface area contributed by atoms with Gasteiger partial charge in [0.2, 0.25) is 0 Å². The van der Waals surface area contributed by atoms with E-state index in [0.717, 1.165) is 0 Å². The molecule has 0 unspecified atom stereocenters. The van der Waals surface area contributed by atoms with Crippen molar-refractivity contribution >= 4 is 22.2 Å².